The SMILES string of the molecule is Cc1cc(OCc2ccc(C(=O)NNC(=O)c3n[nH]c(=O)c4ccccc34)cc2)ccc1Cl. The molecule has 8 nitrogen and oxygen atoms in total. The van der Waals surface area contributed by atoms with Crippen LogP contribution in [0.15, 0.2) is 71.5 Å². The van der Waals surface area contributed by atoms with Crippen LogP contribution in [0.2, 0.25) is 5.02 Å². The Labute approximate surface area is 193 Å². The van der Waals surface area contributed by atoms with E-state index in [1.165, 1.54) is 0 Å². The topological polar surface area (TPSA) is 113 Å². The molecule has 0 bridgehead atoms. The zero-order valence-corrected chi connectivity index (χ0v) is 18.3. The average Bonchev–Trinajstić information content (AvgIpc) is 2.84. The number of nitrogens with one attached hydrogen (secondary N) is 3. The normalized spacial score (nSPS) is 10.6. The van der Waals surface area contributed by atoms with Gasteiger partial charge in [0.2, 0.25) is 0 Å². The molecule has 4 aromatic rings. The fraction of sp³-hybridized carbons (Fsp3) is 0.0833. The van der Waals surface area contributed by atoms with Crippen LogP contribution < -0.4 is 21.1 Å². The number of ether oxygens (including phenoxy) is 1. The summed E-state index contributed by atoms with van der Waals surface area (Å²) in [4.78, 5) is 36.8. The fourth-order valence-electron chi connectivity index (χ4n) is 3.16. The predicted octanol–water partition coefficient (Wildman–Crippen LogP) is 3.54. The molecule has 166 valence electrons. The third kappa shape index (κ3) is 5.02. The Hall–Kier alpha value is -4.17. The molecule has 2 amide bonds. The lowest BCUT2D eigenvalue weighted by molar-refractivity contribution is 0.0844. The number of hydrogen-bond acceptors (Lipinski definition) is 5. The predicted molar refractivity (Wildman–Crippen MR) is 124 cm³/mol. The summed E-state index contributed by atoms with van der Waals surface area (Å²) in [7, 11) is 0. The second-order valence-corrected chi connectivity index (χ2v) is 7.66. The Kier molecular flexibility index (Phi) is 6.37. The highest BCUT2D eigenvalue weighted by Gasteiger charge is 2.15. The van der Waals surface area contributed by atoms with E-state index >= 15 is 0 Å². The van der Waals surface area contributed by atoms with Crippen molar-refractivity contribution in [3.05, 3.63) is 104 Å². The summed E-state index contributed by atoms with van der Waals surface area (Å²) in [5, 5.41) is 7.47. The molecule has 33 heavy (non-hydrogen) atoms. The molecule has 1 heterocycles. The van der Waals surface area contributed by atoms with Gasteiger partial charge in [-0.15, -0.1) is 0 Å². The molecule has 0 radical (unpaired) electrons. The van der Waals surface area contributed by atoms with E-state index < -0.39 is 17.4 Å². The maximum Gasteiger partial charge on any atom is 0.290 e. The van der Waals surface area contributed by atoms with Gasteiger partial charge in [-0.2, -0.15) is 5.10 Å². The number of amides is 2. The number of aromatic nitrogens is 2. The quantitative estimate of drug-likeness (QED) is 0.393. The van der Waals surface area contributed by atoms with Gasteiger partial charge < -0.3 is 4.74 Å². The van der Waals surface area contributed by atoms with Crippen LogP contribution >= 0.6 is 11.6 Å². The molecule has 0 aliphatic carbocycles. The highest BCUT2D eigenvalue weighted by atomic mass is 35.5. The van der Waals surface area contributed by atoms with Crippen LogP contribution in [0, 0.1) is 6.92 Å². The van der Waals surface area contributed by atoms with Crippen LogP contribution in [0.25, 0.3) is 10.8 Å². The van der Waals surface area contributed by atoms with Gasteiger partial charge >= 0.3 is 0 Å². The number of benzene rings is 3. The number of fused-ring (bicyclic) bond motifs is 1. The number of rotatable bonds is 5. The van der Waals surface area contributed by atoms with Crippen LogP contribution in [-0.4, -0.2) is 22.0 Å². The minimum Gasteiger partial charge on any atom is -0.489 e. The van der Waals surface area contributed by atoms with E-state index in [1.807, 2.05) is 13.0 Å². The average molecular weight is 463 g/mol. The lowest BCUT2D eigenvalue weighted by Gasteiger charge is -2.10. The van der Waals surface area contributed by atoms with E-state index in [0.29, 0.717) is 33.7 Å². The number of hydrogen-bond donors (Lipinski definition) is 3. The van der Waals surface area contributed by atoms with Crippen LogP contribution in [0.3, 0.4) is 0 Å². The molecule has 0 atom stereocenters. The summed E-state index contributed by atoms with van der Waals surface area (Å²) in [6.07, 6.45) is 0. The Morgan fingerprint density at radius 2 is 1.67 bits per heavy atom. The molecule has 4 rings (SSSR count). The molecule has 0 spiro atoms. The zero-order chi connectivity index (χ0) is 23.4. The largest absolute Gasteiger partial charge is 0.489 e. The fourth-order valence-corrected chi connectivity index (χ4v) is 3.28. The van der Waals surface area contributed by atoms with E-state index in [2.05, 4.69) is 21.0 Å². The number of aryl methyl sites for hydroxylation is 1. The molecule has 0 fully saturated rings. The van der Waals surface area contributed by atoms with Gasteiger partial charge in [0.1, 0.15) is 12.4 Å². The molecule has 9 heteroatoms. The van der Waals surface area contributed by atoms with Gasteiger partial charge in [0.15, 0.2) is 5.69 Å². The first kappa shape index (κ1) is 22.0. The molecular weight excluding hydrogens is 444 g/mol. The van der Waals surface area contributed by atoms with Crippen molar-refractivity contribution in [2.45, 2.75) is 13.5 Å². The minimum absolute atomic E-state index is 0.00423. The van der Waals surface area contributed by atoms with E-state index in [-0.39, 0.29) is 5.69 Å². The molecule has 0 aliphatic heterocycles. The first-order valence-corrected chi connectivity index (χ1v) is 10.4. The van der Waals surface area contributed by atoms with E-state index in [1.54, 1.807) is 60.7 Å². The maximum absolute atomic E-state index is 12.5. The highest BCUT2D eigenvalue weighted by Crippen LogP contribution is 2.22. The number of carbonyl (C=O) groups excluding carboxylic acids is 2. The molecule has 3 aromatic carbocycles. The summed E-state index contributed by atoms with van der Waals surface area (Å²) < 4.78 is 5.75. The van der Waals surface area contributed by atoms with E-state index in [9.17, 15) is 14.4 Å². The first-order valence-electron chi connectivity index (χ1n) is 9.98. The lowest BCUT2D eigenvalue weighted by atomic mass is 10.1. The summed E-state index contributed by atoms with van der Waals surface area (Å²) in [5.74, 6) is -0.457. The molecule has 0 saturated heterocycles. The molecule has 0 unspecified atom stereocenters. The number of aromatic amines is 1. The summed E-state index contributed by atoms with van der Waals surface area (Å²) in [5.41, 5.74) is 6.41. The number of nitrogens with zero attached hydrogens (tertiary/aromatic N) is 1. The Balaban J connectivity index is 1.36. The van der Waals surface area contributed by atoms with Crippen molar-refractivity contribution < 1.29 is 14.3 Å². The smallest absolute Gasteiger partial charge is 0.290 e. The minimum atomic E-state index is -0.654. The summed E-state index contributed by atoms with van der Waals surface area (Å²) in [6.45, 7) is 2.22. The molecule has 3 N–H and O–H groups in total. The number of H-pyrrole nitrogens is 1. The van der Waals surface area contributed by atoms with Gasteiger partial charge in [0.25, 0.3) is 17.4 Å². The van der Waals surface area contributed by atoms with Gasteiger partial charge in [-0.05, 0) is 54.4 Å². The first-order chi connectivity index (χ1) is 15.9. The van der Waals surface area contributed by atoms with Crippen molar-refractivity contribution in [1.82, 2.24) is 21.0 Å². The molecular formula is C24H19ClN4O4. The maximum atomic E-state index is 12.5. The van der Waals surface area contributed by atoms with Crippen LogP contribution in [-0.2, 0) is 6.61 Å². The van der Waals surface area contributed by atoms with Crippen molar-refractivity contribution in [3.8, 4) is 5.75 Å². The van der Waals surface area contributed by atoms with Crippen molar-refractivity contribution in [2.75, 3.05) is 0 Å². The van der Waals surface area contributed by atoms with Crippen LogP contribution in [0.5, 0.6) is 5.75 Å². The molecule has 0 aliphatic rings. The Bertz CT molecular complexity index is 1400. The Morgan fingerprint density at radius 1 is 0.970 bits per heavy atom. The molecule has 0 saturated carbocycles. The van der Waals surface area contributed by atoms with Gasteiger partial charge in [0.05, 0.1) is 5.39 Å². The highest BCUT2D eigenvalue weighted by molar-refractivity contribution is 6.31. The van der Waals surface area contributed by atoms with Crippen molar-refractivity contribution >= 4 is 34.2 Å². The van der Waals surface area contributed by atoms with E-state index in [0.717, 1.165) is 11.1 Å². The zero-order valence-electron chi connectivity index (χ0n) is 17.5. The van der Waals surface area contributed by atoms with Gasteiger partial charge in [-0.25, -0.2) is 5.10 Å². The van der Waals surface area contributed by atoms with Crippen molar-refractivity contribution in [2.24, 2.45) is 0 Å². The molecule has 1 aromatic heterocycles. The second-order valence-electron chi connectivity index (χ2n) is 7.25. The van der Waals surface area contributed by atoms with Crippen molar-refractivity contribution in [1.29, 1.82) is 0 Å². The second kappa shape index (κ2) is 9.54. The van der Waals surface area contributed by atoms with Gasteiger partial charge in [-0.3, -0.25) is 25.2 Å². The van der Waals surface area contributed by atoms with E-state index in [4.69, 9.17) is 16.3 Å². The van der Waals surface area contributed by atoms with Crippen LogP contribution in [0.1, 0.15) is 32.0 Å². The third-order valence-corrected chi connectivity index (χ3v) is 5.38. The number of carbonyl (C=O) groups is 2. The van der Waals surface area contributed by atoms with Gasteiger partial charge in [-0.1, -0.05) is 41.9 Å². The van der Waals surface area contributed by atoms with Crippen LogP contribution in [0.4, 0.5) is 0 Å². The lowest BCUT2D eigenvalue weighted by Crippen LogP contribution is -2.42. The van der Waals surface area contributed by atoms with Gasteiger partial charge in [0, 0.05) is 16.0 Å². The number of halogens is 1. The summed E-state index contributed by atoms with van der Waals surface area (Å²) in [6, 6.07) is 18.8. The summed E-state index contributed by atoms with van der Waals surface area (Å²) >= 11 is 6.02. The monoisotopic (exact) mass is 462 g/mol. The van der Waals surface area contributed by atoms with Crippen molar-refractivity contribution in [3.63, 3.8) is 0 Å². The number of hydrazine groups is 1. The standard InChI is InChI=1S/C24H19ClN4O4/c1-14-12-17(10-11-20(14)25)33-13-15-6-8-16(9-7-15)22(30)27-29-24(32)21-18-4-2-3-5-19(18)23(31)28-26-21/h2-12H,13H2,1H3,(H,27,30)(H,28,31)(H,29,32). The third-order valence-electron chi connectivity index (χ3n) is 4.95. The Morgan fingerprint density at radius 3 is 2.39 bits per heavy atom.